The predicted octanol–water partition coefficient (Wildman–Crippen LogP) is 0.630. The van der Waals surface area contributed by atoms with Crippen molar-refractivity contribution in [3.63, 3.8) is 0 Å². The first-order valence-corrected chi connectivity index (χ1v) is 2.94. The monoisotopic (exact) mass is 120 g/mol. The van der Waals surface area contributed by atoms with Crippen molar-refractivity contribution in [2.75, 3.05) is 5.73 Å². The topological polar surface area (TPSA) is 52.0 Å². The van der Waals surface area contributed by atoms with Crippen LogP contribution in [0.1, 0.15) is 17.2 Å². The molecular formula is C7H8N2. The summed E-state index contributed by atoms with van der Waals surface area (Å²) in [6.07, 6.45) is 0. The molecule has 9 heavy (non-hydrogen) atoms. The van der Waals surface area contributed by atoms with Gasteiger partial charge in [0.15, 0.2) is 0 Å². The summed E-state index contributed by atoms with van der Waals surface area (Å²) in [6, 6.07) is 5.98. The quantitative estimate of drug-likeness (QED) is 0.493. The zero-order valence-corrected chi connectivity index (χ0v) is 4.96. The fourth-order valence-electron chi connectivity index (χ4n) is 1.06. The SMILES string of the molecule is Nc1ccc2c(c1)C2N. The zero-order valence-electron chi connectivity index (χ0n) is 4.96. The number of anilines is 1. The Kier molecular flexibility index (Phi) is 0.684. The highest BCUT2D eigenvalue weighted by molar-refractivity contribution is 5.58. The second kappa shape index (κ2) is 1.28. The molecule has 0 heterocycles. The Hall–Kier alpha value is -1.02. The molecule has 46 valence electrons. The second-order valence-corrected chi connectivity index (χ2v) is 2.37. The van der Waals surface area contributed by atoms with Gasteiger partial charge >= 0.3 is 0 Å². The highest BCUT2D eigenvalue weighted by Crippen LogP contribution is 2.39. The normalized spacial score (nSPS) is 21.2. The third-order valence-electron chi connectivity index (χ3n) is 1.70. The maximum Gasteiger partial charge on any atom is 0.0559 e. The van der Waals surface area contributed by atoms with Crippen molar-refractivity contribution in [3.05, 3.63) is 29.3 Å². The number of nitrogens with two attached hydrogens (primary N) is 2. The van der Waals surface area contributed by atoms with Gasteiger partial charge in [0, 0.05) is 5.69 Å². The molecule has 0 saturated carbocycles. The summed E-state index contributed by atoms with van der Waals surface area (Å²) in [7, 11) is 0. The molecule has 0 bridgehead atoms. The van der Waals surface area contributed by atoms with Gasteiger partial charge in [-0.15, -0.1) is 0 Å². The standard InChI is InChI=1S/C7H8N2/c8-4-1-2-5-6(3-4)7(5)9/h1-3,7H,8-9H2. The average molecular weight is 120 g/mol. The minimum atomic E-state index is 0.183. The van der Waals surface area contributed by atoms with E-state index < -0.39 is 0 Å². The van der Waals surface area contributed by atoms with E-state index in [-0.39, 0.29) is 6.04 Å². The summed E-state index contributed by atoms with van der Waals surface area (Å²) in [5.41, 5.74) is 14.4. The van der Waals surface area contributed by atoms with E-state index >= 15 is 0 Å². The smallest absolute Gasteiger partial charge is 0.0559 e. The molecule has 0 saturated heterocycles. The van der Waals surface area contributed by atoms with Crippen LogP contribution in [0.25, 0.3) is 0 Å². The van der Waals surface area contributed by atoms with E-state index in [1.165, 1.54) is 11.1 Å². The van der Waals surface area contributed by atoms with Crippen LogP contribution >= 0.6 is 0 Å². The zero-order chi connectivity index (χ0) is 6.43. The van der Waals surface area contributed by atoms with Crippen molar-refractivity contribution in [3.8, 4) is 0 Å². The van der Waals surface area contributed by atoms with Crippen molar-refractivity contribution < 1.29 is 0 Å². The lowest BCUT2D eigenvalue weighted by molar-refractivity contribution is 1.07. The first-order chi connectivity index (χ1) is 4.29. The largest absolute Gasteiger partial charge is 0.399 e. The van der Waals surface area contributed by atoms with Gasteiger partial charge in [-0.25, -0.2) is 0 Å². The Morgan fingerprint density at radius 3 is 2.56 bits per heavy atom. The van der Waals surface area contributed by atoms with E-state index in [0.29, 0.717) is 0 Å². The van der Waals surface area contributed by atoms with E-state index in [2.05, 4.69) is 0 Å². The van der Waals surface area contributed by atoms with Gasteiger partial charge in [0.05, 0.1) is 6.04 Å². The Labute approximate surface area is 53.5 Å². The van der Waals surface area contributed by atoms with Crippen LogP contribution in [0.5, 0.6) is 0 Å². The Bertz CT molecular complexity index is 255. The van der Waals surface area contributed by atoms with Gasteiger partial charge in [-0.2, -0.15) is 0 Å². The molecule has 0 spiro atoms. The van der Waals surface area contributed by atoms with Crippen LogP contribution < -0.4 is 11.5 Å². The first kappa shape index (κ1) is 4.82. The van der Waals surface area contributed by atoms with Crippen molar-refractivity contribution in [1.29, 1.82) is 0 Å². The van der Waals surface area contributed by atoms with Gasteiger partial charge in [-0.1, -0.05) is 6.07 Å². The molecule has 0 aromatic heterocycles. The van der Waals surface area contributed by atoms with E-state index in [9.17, 15) is 0 Å². The summed E-state index contributed by atoms with van der Waals surface area (Å²) in [6.45, 7) is 0. The van der Waals surface area contributed by atoms with Crippen molar-refractivity contribution in [2.24, 2.45) is 5.73 Å². The molecule has 1 aromatic carbocycles. The summed E-state index contributed by atoms with van der Waals surface area (Å²) in [5, 5.41) is 0. The summed E-state index contributed by atoms with van der Waals surface area (Å²) < 4.78 is 0. The predicted molar refractivity (Wildman–Crippen MR) is 36.9 cm³/mol. The minimum absolute atomic E-state index is 0.183. The molecular weight excluding hydrogens is 112 g/mol. The van der Waals surface area contributed by atoms with Crippen LogP contribution in [0.3, 0.4) is 0 Å². The highest BCUT2D eigenvalue weighted by Gasteiger charge is 2.27. The van der Waals surface area contributed by atoms with Crippen molar-refractivity contribution in [2.45, 2.75) is 6.04 Å². The Balaban J connectivity index is 2.54. The van der Waals surface area contributed by atoms with Crippen LogP contribution in [-0.4, -0.2) is 0 Å². The molecule has 1 aliphatic rings. The molecule has 1 atom stereocenters. The molecule has 0 amide bonds. The van der Waals surface area contributed by atoms with Crippen LogP contribution in [0.2, 0.25) is 0 Å². The highest BCUT2D eigenvalue weighted by atomic mass is 14.7. The lowest BCUT2D eigenvalue weighted by Crippen LogP contribution is -1.87. The number of fused-ring (bicyclic) bond motifs is 1. The van der Waals surface area contributed by atoms with Gasteiger partial charge in [0.1, 0.15) is 0 Å². The molecule has 0 radical (unpaired) electrons. The Morgan fingerprint density at radius 2 is 2.00 bits per heavy atom. The van der Waals surface area contributed by atoms with E-state index in [1.54, 1.807) is 0 Å². The van der Waals surface area contributed by atoms with Crippen LogP contribution in [0.4, 0.5) is 5.69 Å². The van der Waals surface area contributed by atoms with Gasteiger partial charge in [-0.05, 0) is 23.3 Å². The molecule has 1 unspecified atom stereocenters. The van der Waals surface area contributed by atoms with Crippen LogP contribution in [-0.2, 0) is 0 Å². The number of hydrogen-bond donors (Lipinski definition) is 2. The molecule has 0 fully saturated rings. The molecule has 1 aliphatic carbocycles. The molecule has 2 nitrogen and oxygen atoms in total. The van der Waals surface area contributed by atoms with Gasteiger partial charge in [-0.3, -0.25) is 0 Å². The van der Waals surface area contributed by atoms with Gasteiger partial charge in [0.25, 0.3) is 0 Å². The third-order valence-corrected chi connectivity index (χ3v) is 1.70. The van der Waals surface area contributed by atoms with Crippen LogP contribution in [0.15, 0.2) is 18.2 Å². The van der Waals surface area contributed by atoms with E-state index in [1.807, 2.05) is 18.2 Å². The minimum Gasteiger partial charge on any atom is -0.399 e. The van der Waals surface area contributed by atoms with Gasteiger partial charge < -0.3 is 11.5 Å². The second-order valence-electron chi connectivity index (χ2n) is 2.37. The summed E-state index contributed by atoms with van der Waals surface area (Å²) in [5.74, 6) is 0. The number of rotatable bonds is 0. The maximum atomic E-state index is 5.61. The fraction of sp³-hybridized carbons (Fsp3) is 0.143. The average Bonchev–Trinajstić information content (AvgIpc) is 2.43. The maximum absolute atomic E-state index is 5.61. The Morgan fingerprint density at radius 1 is 1.22 bits per heavy atom. The molecule has 0 aliphatic heterocycles. The van der Waals surface area contributed by atoms with Crippen molar-refractivity contribution >= 4 is 5.69 Å². The van der Waals surface area contributed by atoms with Crippen molar-refractivity contribution in [1.82, 2.24) is 0 Å². The van der Waals surface area contributed by atoms with Crippen LogP contribution in [0, 0.1) is 0 Å². The summed E-state index contributed by atoms with van der Waals surface area (Å²) >= 11 is 0. The summed E-state index contributed by atoms with van der Waals surface area (Å²) in [4.78, 5) is 0. The first-order valence-electron chi connectivity index (χ1n) is 2.94. The number of benzene rings is 1. The van der Waals surface area contributed by atoms with E-state index in [0.717, 1.165) is 5.69 Å². The van der Waals surface area contributed by atoms with Gasteiger partial charge in [0.2, 0.25) is 0 Å². The third kappa shape index (κ3) is 0.535. The fourth-order valence-corrected chi connectivity index (χ4v) is 1.06. The lowest BCUT2D eigenvalue weighted by Gasteiger charge is -1.83. The molecule has 1 aromatic rings. The molecule has 4 N–H and O–H groups in total. The van der Waals surface area contributed by atoms with E-state index in [4.69, 9.17) is 11.5 Å². The number of hydrogen-bond acceptors (Lipinski definition) is 2. The molecule has 2 rings (SSSR count). The number of nitrogen functional groups attached to an aromatic ring is 1. The molecule has 2 heteroatoms. The lowest BCUT2D eigenvalue weighted by atomic mass is 10.3.